The smallest absolute Gasteiger partial charge is 0.254 e. The van der Waals surface area contributed by atoms with E-state index in [2.05, 4.69) is 26.2 Å². The Morgan fingerprint density at radius 2 is 1.72 bits per heavy atom. The van der Waals surface area contributed by atoms with Crippen molar-refractivity contribution >= 4 is 66.4 Å². The number of benzene rings is 2. The van der Waals surface area contributed by atoms with Gasteiger partial charge in [0, 0.05) is 49.2 Å². The molecule has 0 atom stereocenters. The second-order valence-electron chi connectivity index (χ2n) is 7.39. The number of nitrogens with zero attached hydrogens (tertiary/aromatic N) is 3. The summed E-state index contributed by atoms with van der Waals surface area (Å²) in [6.45, 7) is 3.38. The van der Waals surface area contributed by atoms with E-state index in [1.54, 1.807) is 40.2 Å². The van der Waals surface area contributed by atoms with Crippen LogP contribution in [0.2, 0.25) is 0 Å². The predicted molar refractivity (Wildman–Crippen MR) is 130 cm³/mol. The molecule has 0 saturated carbocycles. The van der Waals surface area contributed by atoms with Crippen molar-refractivity contribution in [2.45, 2.75) is 6.92 Å². The van der Waals surface area contributed by atoms with E-state index in [9.17, 15) is 14.4 Å². The second-order valence-corrected chi connectivity index (χ2v) is 9.33. The first-order valence-electron chi connectivity index (χ1n) is 10.1. The van der Waals surface area contributed by atoms with E-state index in [4.69, 9.17) is 0 Å². The first kappa shape index (κ1) is 22.2. The minimum absolute atomic E-state index is 0.0587. The number of anilines is 1. The van der Waals surface area contributed by atoms with Crippen LogP contribution in [0.25, 0.3) is 16.3 Å². The molecule has 0 bridgehead atoms. The number of rotatable bonds is 4. The molecule has 2 aromatic carbocycles. The van der Waals surface area contributed by atoms with Crippen molar-refractivity contribution in [3.8, 4) is 0 Å². The van der Waals surface area contributed by atoms with Crippen molar-refractivity contribution in [3.63, 3.8) is 0 Å². The average molecular weight is 513 g/mol. The summed E-state index contributed by atoms with van der Waals surface area (Å²) in [5.41, 5.74) is 2.27. The number of amides is 3. The Balaban J connectivity index is 1.36. The number of aromatic nitrogens is 1. The molecule has 2 heterocycles. The normalized spacial score (nSPS) is 14.2. The van der Waals surface area contributed by atoms with Gasteiger partial charge in [0.2, 0.25) is 11.8 Å². The third-order valence-corrected chi connectivity index (χ3v) is 6.55. The molecule has 1 N–H and O–H groups in total. The summed E-state index contributed by atoms with van der Waals surface area (Å²) in [6.07, 6.45) is 3.37. The molecular weight excluding hydrogens is 492 g/mol. The molecule has 9 heteroatoms. The summed E-state index contributed by atoms with van der Waals surface area (Å²) in [7, 11) is 0. The predicted octanol–water partition coefficient (Wildman–Crippen LogP) is 4.02. The minimum Gasteiger partial charge on any atom is -0.336 e. The lowest BCUT2D eigenvalue weighted by Crippen LogP contribution is -2.50. The van der Waals surface area contributed by atoms with Gasteiger partial charge in [-0.3, -0.25) is 14.4 Å². The number of fused-ring (bicyclic) bond motifs is 1. The largest absolute Gasteiger partial charge is 0.336 e. The monoisotopic (exact) mass is 512 g/mol. The quantitative estimate of drug-likeness (QED) is 0.535. The molecule has 1 aromatic heterocycles. The first-order chi connectivity index (χ1) is 15.4. The fraction of sp³-hybridized carbons (Fsp3) is 0.217. The number of piperazine rings is 1. The highest BCUT2D eigenvalue weighted by Gasteiger charge is 2.24. The Hall–Kier alpha value is -3.04. The number of halogens is 1. The van der Waals surface area contributed by atoms with E-state index in [-0.39, 0.29) is 17.7 Å². The number of hydrogen-bond acceptors (Lipinski definition) is 5. The van der Waals surface area contributed by atoms with Crippen molar-refractivity contribution < 1.29 is 14.4 Å². The summed E-state index contributed by atoms with van der Waals surface area (Å²) in [4.78, 5) is 44.6. The molecule has 0 radical (unpaired) electrons. The van der Waals surface area contributed by atoms with Gasteiger partial charge in [0.05, 0.1) is 10.2 Å². The molecule has 7 nitrogen and oxygen atoms in total. The van der Waals surface area contributed by atoms with Gasteiger partial charge in [-0.25, -0.2) is 4.98 Å². The number of hydrogen-bond donors (Lipinski definition) is 1. The van der Waals surface area contributed by atoms with Crippen LogP contribution in [0, 0.1) is 0 Å². The number of carbonyl (C=O) groups is 3. The molecule has 1 aliphatic heterocycles. The van der Waals surface area contributed by atoms with Crippen LogP contribution in [0.4, 0.5) is 5.13 Å². The highest BCUT2D eigenvalue weighted by atomic mass is 79.9. The summed E-state index contributed by atoms with van der Waals surface area (Å²) < 4.78 is 1.83. The van der Waals surface area contributed by atoms with Gasteiger partial charge in [0.15, 0.2) is 5.13 Å². The van der Waals surface area contributed by atoms with E-state index < -0.39 is 0 Å². The van der Waals surface area contributed by atoms with Crippen LogP contribution in [0.3, 0.4) is 0 Å². The van der Waals surface area contributed by atoms with E-state index in [0.29, 0.717) is 36.9 Å². The Morgan fingerprint density at radius 3 is 2.41 bits per heavy atom. The molecule has 3 aromatic rings. The fourth-order valence-corrected chi connectivity index (χ4v) is 4.64. The molecule has 0 spiro atoms. The SMILES string of the molecule is CC(=O)Nc1nc2ccc(C(=O)N3CCN(C(=O)/C=C/c4ccc(Br)cc4)CC3)cc2s1. The van der Waals surface area contributed by atoms with E-state index in [1.165, 1.54) is 18.3 Å². The highest BCUT2D eigenvalue weighted by Crippen LogP contribution is 2.27. The van der Waals surface area contributed by atoms with Gasteiger partial charge in [-0.15, -0.1) is 0 Å². The number of carbonyl (C=O) groups excluding carboxylic acids is 3. The standard InChI is InChI=1S/C23H21BrN4O3S/c1-15(29)25-23-26-19-8-5-17(14-20(19)32-23)22(31)28-12-10-27(11-13-28)21(30)9-4-16-2-6-18(24)7-3-16/h2-9,14H,10-13H2,1H3,(H,25,26,29)/b9-4+. The van der Waals surface area contributed by atoms with Crippen LogP contribution in [0.1, 0.15) is 22.8 Å². The minimum atomic E-state index is -0.181. The zero-order chi connectivity index (χ0) is 22.7. The summed E-state index contributed by atoms with van der Waals surface area (Å²) in [6, 6.07) is 13.1. The second kappa shape index (κ2) is 9.62. The van der Waals surface area contributed by atoms with Gasteiger partial charge in [-0.2, -0.15) is 0 Å². The maximum Gasteiger partial charge on any atom is 0.254 e. The fourth-order valence-electron chi connectivity index (χ4n) is 3.42. The van der Waals surface area contributed by atoms with Crippen LogP contribution < -0.4 is 5.32 Å². The van der Waals surface area contributed by atoms with Crippen LogP contribution >= 0.6 is 27.3 Å². The van der Waals surface area contributed by atoms with Gasteiger partial charge in [-0.05, 0) is 42.0 Å². The molecular formula is C23H21BrN4O3S. The third kappa shape index (κ3) is 5.23. The van der Waals surface area contributed by atoms with Crippen LogP contribution in [-0.2, 0) is 9.59 Å². The molecule has 1 fully saturated rings. The topological polar surface area (TPSA) is 82.6 Å². The summed E-state index contributed by atoms with van der Waals surface area (Å²) >= 11 is 4.73. The van der Waals surface area contributed by atoms with Crippen molar-refractivity contribution in [1.29, 1.82) is 0 Å². The highest BCUT2D eigenvalue weighted by molar-refractivity contribution is 9.10. The zero-order valence-electron chi connectivity index (χ0n) is 17.4. The van der Waals surface area contributed by atoms with Crippen LogP contribution in [-0.4, -0.2) is 58.7 Å². The number of nitrogens with one attached hydrogen (secondary N) is 1. The van der Waals surface area contributed by atoms with Crippen molar-refractivity contribution in [1.82, 2.24) is 14.8 Å². The van der Waals surface area contributed by atoms with Gasteiger partial charge < -0.3 is 15.1 Å². The molecule has 1 saturated heterocycles. The van der Waals surface area contributed by atoms with Crippen molar-refractivity contribution in [2.75, 3.05) is 31.5 Å². The van der Waals surface area contributed by atoms with Gasteiger partial charge in [-0.1, -0.05) is 39.4 Å². The Kier molecular flexibility index (Phi) is 6.66. The maximum atomic E-state index is 13.0. The maximum absolute atomic E-state index is 13.0. The third-order valence-electron chi connectivity index (χ3n) is 5.09. The van der Waals surface area contributed by atoms with Crippen molar-refractivity contribution in [3.05, 3.63) is 64.1 Å². The summed E-state index contributed by atoms with van der Waals surface area (Å²) in [5, 5.41) is 3.19. The average Bonchev–Trinajstić information content (AvgIpc) is 3.18. The Labute approximate surface area is 197 Å². The van der Waals surface area contributed by atoms with Crippen molar-refractivity contribution in [2.24, 2.45) is 0 Å². The molecule has 0 aliphatic carbocycles. The van der Waals surface area contributed by atoms with E-state index >= 15 is 0 Å². The lowest BCUT2D eigenvalue weighted by molar-refractivity contribution is -0.127. The molecule has 32 heavy (non-hydrogen) atoms. The molecule has 0 unspecified atom stereocenters. The van der Waals surface area contributed by atoms with E-state index in [0.717, 1.165) is 20.3 Å². The first-order valence-corrected chi connectivity index (χ1v) is 11.7. The van der Waals surface area contributed by atoms with E-state index in [1.807, 2.05) is 24.3 Å². The Bertz CT molecular complexity index is 1200. The molecule has 164 valence electrons. The lowest BCUT2D eigenvalue weighted by Gasteiger charge is -2.34. The van der Waals surface area contributed by atoms with Crippen LogP contribution in [0.15, 0.2) is 53.0 Å². The Morgan fingerprint density at radius 1 is 1.03 bits per heavy atom. The lowest BCUT2D eigenvalue weighted by atomic mass is 10.1. The number of thiazole rings is 1. The van der Waals surface area contributed by atoms with Gasteiger partial charge >= 0.3 is 0 Å². The zero-order valence-corrected chi connectivity index (χ0v) is 19.8. The van der Waals surface area contributed by atoms with Gasteiger partial charge in [0.25, 0.3) is 5.91 Å². The molecule has 4 rings (SSSR count). The summed E-state index contributed by atoms with van der Waals surface area (Å²) in [5.74, 6) is -0.310. The molecule has 1 aliphatic rings. The molecule has 3 amide bonds. The van der Waals surface area contributed by atoms with Gasteiger partial charge in [0.1, 0.15) is 0 Å². The van der Waals surface area contributed by atoms with Crippen LogP contribution in [0.5, 0.6) is 0 Å².